The summed E-state index contributed by atoms with van der Waals surface area (Å²) >= 11 is 0. The van der Waals surface area contributed by atoms with Gasteiger partial charge in [0, 0.05) is 18.3 Å². The highest BCUT2D eigenvalue weighted by Gasteiger charge is 2.57. The number of allylic oxidation sites excluding steroid dienone is 4. The Morgan fingerprint density at radius 2 is 1.06 bits per heavy atom. The van der Waals surface area contributed by atoms with Crippen LogP contribution in [0.3, 0.4) is 0 Å². The van der Waals surface area contributed by atoms with Crippen molar-refractivity contribution in [2.24, 2.45) is 53.3 Å². The highest BCUT2D eigenvalue weighted by atomic mass is 31.1. The van der Waals surface area contributed by atoms with Crippen LogP contribution in [0.2, 0.25) is 0 Å². The topological polar surface area (TPSA) is 25.8 Å². The van der Waals surface area contributed by atoms with E-state index >= 15 is 0 Å². The van der Waals surface area contributed by atoms with Crippen LogP contribution in [-0.4, -0.2) is 27.4 Å². The molecule has 47 heavy (non-hydrogen) atoms. The summed E-state index contributed by atoms with van der Waals surface area (Å²) < 4.78 is 0. The van der Waals surface area contributed by atoms with Crippen molar-refractivity contribution >= 4 is 22.7 Å². The van der Waals surface area contributed by atoms with E-state index in [0.29, 0.717) is 0 Å². The lowest BCUT2D eigenvalue weighted by molar-refractivity contribution is 0.0131. The fourth-order valence-corrected chi connectivity index (χ4v) is 18.5. The monoisotopic (exact) mass is 656 g/mol. The predicted octanol–water partition coefficient (Wildman–Crippen LogP) is 10.4. The standard InChI is InChI=1S/C43H50N2P2/c46-43(39-10-4-6-12-44-39,40-11-5-7-13-45-40)38-25-32(31-8-2-1-3-9-31)24-37(38)26-47(41-33-16-27-14-28(18-33)19-34(41)17-27)42-35-20-29-15-30(22-35)23-36(42)21-29/h1-13,24-25,27-30,33-36,38,41-42H,14-23,26,46H2. The van der Waals surface area contributed by atoms with E-state index in [9.17, 15) is 0 Å². The van der Waals surface area contributed by atoms with E-state index in [-0.39, 0.29) is 13.8 Å². The van der Waals surface area contributed by atoms with Gasteiger partial charge in [0.1, 0.15) is 0 Å². The van der Waals surface area contributed by atoms with Gasteiger partial charge in [-0.05, 0) is 164 Å². The number of pyridine rings is 2. The molecule has 4 heteroatoms. The van der Waals surface area contributed by atoms with Crippen molar-refractivity contribution in [3.63, 3.8) is 0 Å². The first kappa shape index (κ1) is 29.7. The van der Waals surface area contributed by atoms with Crippen molar-refractivity contribution in [2.75, 3.05) is 6.16 Å². The summed E-state index contributed by atoms with van der Waals surface area (Å²) in [4.78, 5) is 10.1. The number of aromatic nitrogens is 2. The first-order valence-corrected chi connectivity index (χ1v) is 21.2. The van der Waals surface area contributed by atoms with Gasteiger partial charge in [0.15, 0.2) is 0 Å². The van der Waals surface area contributed by atoms with Crippen LogP contribution in [0.1, 0.15) is 81.2 Å². The Morgan fingerprint density at radius 3 is 1.51 bits per heavy atom. The average molecular weight is 657 g/mol. The van der Waals surface area contributed by atoms with Gasteiger partial charge in [-0.25, -0.2) is 0 Å². The third kappa shape index (κ3) is 5.01. The number of benzene rings is 1. The number of hydrogen-bond donors (Lipinski definition) is 0. The van der Waals surface area contributed by atoms with Gasteiger partial charge in [0.25, 0.3) is 0 Å². The van der Waals surface area contributed by atoms with Gasteiger partial charge in [-0.3, -0.25) is 9.97 Å². The maximum Gasteiger partial charge on any atom is 0.0786 e. The molecule has 2 heterocycles. The van der Waals surface area contributed by atoms with E-state index in [1.165, 1.54) is 17.3 Å². The molecule has 3 aromatic rings. The summed E-state index contributed by atoms with van der Waals surface area (Å²) in [7, 11) is 3.23. The zero-order valence-corrected chi connectivity index (χ0v) is 29.8. The molecule has 1 aromatic carbocycles. The van der Waals surface area contributed by atoms with Crippen molar-refractivity contribution in [3.05, 3.63) is 114 Å². The minimum Gasteiger partial charge on any atom is -0.260 e. The maximum atomic E-state index is 5.07. The Labute approximate surface area is 285 Å². The van der Waals surface area contributed by atoms with E-state index in [4.69, 9.17) is 9.97 Å². The maximum absolute atomic E-state index is 5.07. The zero-order chi connectivity index (χ0) is 31.1. The second-order valence-corrected chi connectivity index (χ2v) is 20.4. The molecule has 8 saturated carbocycles. The minimum absolute atomic E-state index is 0.123. The summed E-state index contributed by atoms with van der Waals surface area (Å²) in [5, 5.41) is -0.417. The zero-order valence-electron chi connectivity index (χ0n) is 27.7. The normalized spacial score (nSPS) is 38.8. The molecule has 8 bridgehead atoms. The van der Waals surface area contributed by atoms with E-state index < -0.39 is 5.16 Å². The molecular formula is C43H50N2P2. The van der Waals surface area contributed by atoms with E-state index in [1.807, 2.05) is 12.4 Å². The van der Waals surface area contributed by atoms with E-state index in [0.717, 1.165) is 70.0 Å². The summed E-state index contributed by atoms with van der Waals surface area (Å²) in [6.07, 6.45) is 26.1. The van der Waals surface area contributed by atoms with Gasteiger partial charge >= 0.3 is 0 Å². The molecular weight excluding hydrogens is 606 g/mol. The van der Waals surface area contributed by atoms with Gasteiger partial charge < -0.3 is 0 Å². The smallest absolute Gasteiger partial charge is 0.0786 e. The van der Waals surface area contributed by atoms with E-state index in [1.54, 1.807) is 69.8 Å². The van der Waals surface area contributed by atoms with Crippen LogP contribution in [0.15, 0.2) is 96.8 Å². The lowest BCUT2D eigenvalue weighted by Gasteiger charge is -2.62. The second-order valence-electron chi connectivity index (χ2n) is 17.0. The minimum atomic E-state index is -0.417. The van der Waals surface area contributed by atoms with Crippen LogP contribution < -0.4 is 0 Å². The number of hydrogen-bond acceptors (Lipinski definition) is 2. The van der Waals surface area contributed by atoms with Gasteiger partial charge in [-0.1, -0.05) is 68.1 Å². The Balaban J connectivity index is 1.10. The average Bonchev–Trinajstić information content (AvgIpc) is 3.52. The molecule has 0 aliphatic heterocycles. The third-order valence-electron chi connectivity index (χ3n) is 14.3. The van der Waals surface area contributed by atoms with Gasteiger partial charge in [-0.15, -0.1) is 9.24 Å². The Bertz CT molecular complexity index is 1530. The number of rotatable bonds is 8. The molecule has 9 aliphatic rings. The van der Waals surface area contributed by atoms with Crippen LogP contribution in [0, 0.1) is 53.3 Å². The molecule has 0 radical (unpaired) electrons. The molecule has 0 saturated heterocycles. The molecule has 242 valence electrons. The fraction of sp³-hybridized carbons (Fsp3) is 0.535. The van der Waals surface area contributed by atoms with Crippen molar-refractivity contribution in [1.82, 2.24) is 9.97 Å². The molecule has 0 amide bonds. The van der Waals surface area contributed by atoms with Crippen LogP contribution >= 0.6 is 17.2 Å². The first-order valence-electron chi connectivity index (χ1n) is 19.0. The highest BCUT2D eigenvalue weighted by molar-refractivity contribution is 7.59. The Kier molecular flexibility index (Phi) is 7.43. The third-order valence-corrected chi connectivity index (χ3v) is 19.2. The summed E-state index contributed by atoms with van der Waals surface area (Å²) in [5.74, 6) is 8.40. The quantitative estimate of drug-likeness (QED) is 0.226. The molecule has 0 N–H and O–H groups in total. The van der Waals surface area contributed by atoms with Crippen molar-refractivity contribution < 1.29 is 0 Å². The largest absolute Gasteiger partial charge is 0.260 e. The molecule has 2 aromatic heterocycles. The molecule has 9 aliphatic carbocycles. The predicted molar refractivity (Wildman–Crippen MR) is 198 cm³/mol. The molecule has 8 fully saturated rings. The van der Waals surface area contributed by atoms with Crippen LogP contribution in [0.5, 0.6) is 0 Å². The SMILES string of the molecule is PC(c1ccccn1)(c1ccccn1)C1C=C(c2ccccc2)C=C1CP(C1C2CC3CC(C2)CC1C3)C1C2CC3CC(C2)CC1C3. The molecule has 2 unspecified atom stereocenters. The lowest BCUT2D eigenvalue weighted by Crippen LogP contribution is -2.53. The molecule has 0 spiro atoms. The second kappa shape index (κ2) is 11.7. The molecule has 2 atom stereocenters. The summed E-state index contributed by atoms with van der Waals surface area (Å²) in [6, 6.07) is 24.1. The van der Waals surface area contributed by atoms with Gasteiger partial charge in [0.2, 0.25) is 0 Å². The summed E-state index contributed by atoms with van der Waals surface area (Å²) in [5.41, 5.74) is 8.61. The highest BCUT2D eigenvalue weighted by Crippen LogP contribution is 2.72. The first-order chi connectivity index (χ1) is 23.1. The van der Waals surface area contributed by atoms with Crippen LogP contribution in [0.4, 0.5) is 0 Å². The molecule has 2 nitrogen and oxygen atoms in total. The lowest BCUT2D eigenvalue weighted by atomic mass is 9.55. The Morgan fingerprint density at radius 1 is 0.596 bits per heavy atom. The fourth-order valence-electron chi connectivity index (χ4n) is 13.2. The Hall–Kier alpha value is -2.14. The van der Waals surface area contributed by atoms with Crippen LogP contribution in [0.25, 0.3) is 5.57 Å². The van der Waals surface area contributed by atoms with E-state index in [2.05, 4.69) is 88.1 Å². The molecule has 12 rings (SSSR count). The van der Waals surface area contributed by atoms with Gasteiger partial charge in [0.05, 0.1) is 16.5 Å². The van der Waals surface area contributed by atoms with Crippen molar-refractivity contribution in [1.29, 1.82) is 0 Å². The van der Waals surface area contributed by atoms with Crippen molar-refractivity contribution in [2.45, 2.75) is 80.7 Å². The number of nitrogens with zero attached hydrogens (tertiary/aromatic N) is 2. The van der Waals surface area contributed by atoms with Gasteiger partial charge in [-0.2, -0.15) is 0 Å². The van der Waals surface area contributed by atoms with Crippen molar-refractivity contribution in [3.8, 4) is 0 Å². The summed E-state index contributed by atoms with van der Waals surface area (Å²) in [6.45, 7) is 0. The van der Waals surface area contributed by atoms with Crippen LogP contribution in [-0.2, 0) is 5.16 Å².